The summed E-state index contributed by atoms with van der Waals surface area (Å²) < 4.78 is 0. The quantitative estimate of drug-likeness (QED) is 0.807. The van der Waals surface area contributed by atoms with E-state index < -0.39 is 0 Å². The summed E-state index contributed by atoms with van der Waals surface area (Å²) in [6.45, 7) is 2.21. The minimum atomic E-state index is -0.207. The van der Waals surface area contributed by atoms with Gasteiger partial charge in [-0.25, -0.2) is 0 Å². The van der Waals surface area contributed by atoms with E-state index in [1.54, 1.807) is 0 Å². The highest BCUT2D eigenvalue weighted by Crippen LogP contribution is 2.23. The Balaban J connectivity index is 1.52. The van der Waals surface area contributed by atoms with Gasteiger partial charge in [-0.05, 0) is 49.8 Å². The van der Waals surface area contributed by atoms with Crippen LogP contribution in [0.1, 0.15) is 37.7 Å². The Bertz CT molecular complexity index is 639. The van der Waals surface area contributed by atoms with Gasteiger partial charge in [-0.2, -0.15) is 0 Å². The highest BCUT2D eigenvalue weighted by molar-refractivity contribution is 5.79. The van der Waals surface area contributed by atoms with Gasteiger partial charge >= 0.3 is 0 Å². The highest BCUT2D eigenvalue weighted by Gasteiger charge is 2.24. The van der Waals surface area contributed by atoms with E-state index in [1.807, 2.05) is 12.1 Å². The van der Waals surface area contributed by atoms with Crippen LogP contribution in [0.15, 0.2) is 36.4 Å². The van der Waals surface area contributed by atoms with Crippen LogP contribution in [0, 0.1) is 11.8 Å². The highest BCUT2D eigenvalue weighted by atomic mass is 16.2. The fourth-order valence-electron chi connectivity index (χ4n) is 3.63. The molecule has 1 heterocycles. The number of nitrogens with zero attached hydrogens (tertiary/aromatic N) is 1. The molecule has 0 radical (unpaired) electrons. The Morgan fingerprint density at radius 3 is 2.60 bits per heavy atom. The van der Waals surface area contributed by atoms with Crippen LogP contribution >= 0.6 is 0 Å². The predicted octanol–water partition coefficient (Wildman–Crippen LogP) is 2.36. The fraction of sp³-hybridized carbons (Fsp3) is 0.500. The maximum atomic E-state index is 12.2. The summed E-state index contributed by atoms with van der Waals surface area (Å²) in [5.74, 6) is -0.00374. The van der Waals surface area contributed by atoms with E-state index in [9.17, 15) is 9.59 Å². The molecule has 5 nitrogen and oxygen atoms in total. The van der Waals surface area contributed by atoms with E-state index in [4.69, 9.17) is 5.73 Å². The predicted molar refractivity (Wildman–Crippen MR) is 98.9 cm³/mol. The lowest BCUT2D eigenvalue weighted by molar-refractivity contribution is -0.125. The van der Waals surface area contributed by atoms with Crippen molar-refractivity contribution in [2.45, 2.75) is 38.6 Å². The molecule has 1 aliphatic heterocycles. The van der Waals surface area contributed by atoms with Crippen LogP contribution in [-0.4, -0.2) is 24.9 Å². The van der Waals surface area contributed by atoms with Crippen molar-refractivity contribution in [3.05, 3.63) is 42.0 Å². The van der Waals surface area contributed by atoms with Crippen LogP contribution in [0.5, 0.6) is 0 Å². The number of allylic oxidation sites excluding steroid dienone is 2. The maximum Gasteiger partial charge on any atom is 0.223 e. The number of amides is 2. The lowest BCUT2D eigenvalue weighted by atomic mass is 9.93. The Morgan fingerprint density at radius 1 is 1.12 bits per heavy atom. The third-order valence-electron chi connectivity index (χ3n) is 5.23. The van der Waals surface area contributed by atoms with Gasteiger partial charge in [-0.3, -0.25) is 9.59 Å². The van der Waals surface area contributed by atoms with Crippen molar-refractivity contribution < 1.29 is 9.59 Å². The summed E-state index contributed by atoms with van der Waals surface area (Å²) in [6, 6.07) is 8.22. The summed E-state index contributed by atoms with van der Waals surface area (Å²) in [5.41, 5.74) is 7.65. The number of primary amides is 1. The summed E-state index contributed by atoms with van der Waals surface area (Å²) in [5, 5.41) is 3.04. The lowest BCUT2D eigenvalue weighted by Gasteiger charge is -2.33. The molecule has 2 aliphatic rings. The molecule has 1 aliphatic carbocycles. The molecule has 1 aromatic rings. The number of piperidine rings is 1. The van der Waals surface area contributed by atoms with Gasteiger partial charge in [0.2, 0.25) is 11.8 Å². The monoisotopic (exact) mass is 341 g/mol. The first-order valence-electron chi connectivity index (χ1n) is 9.19. The second-order valence-electron chi connectivity index (χ2n) is 7.05. The van der Waals surface area contributed by atoms with Gasteiger partial charge in [-0.1, -0.05) is 24.3 Å². The van der Waals surface area contributed by atoms with Crippen molar-refractivity contribution in [3.8, 4) is 0 Å². The van der Waals surface area contributed by atoms with E-state index in [0.717, 1.165) is 49.9 Å². The molecular weight excluding hydrogens is 314 g/mol. The van der Waals surface area contributed by atoms with Crippen LogP contribution in [0.3, 0.4) is 0 Å². The summed E-state index contributed by atoms with van der Waals surface area (Å²) in [7, 11) is 0. The molecule has 0 aromatic heterocycles. The standard InChI is InChI=1S/C20H27N3O2/c21-19(24)17-7-4-12-23(14-17)18-10-8-15(9-11-18)13-22-20(25)16-5-2-1-3-6-16/h1-2,8-11,16-17H,3-7,12-14H2,(H2,21,24)(H,22,25)/t16-,17-/m0/s1. The van der Waals surface area contributed by atoms with E-state index in [0.29, 0.717) is 13.1 Å². The zero-order valence-corrected chi connectivity index (χ0v) is 14.6. The SMILES string of the molecule is NC(=O)[C@H]1CCCN(c2ccc(CNC(=O)[C@H]3CC=CCC3)cc2)C1. The summed E-state index contributed by atoms with van der Waals surface area (Å²) in [6.07, 6.45) is 8.90. The molecule has 2 amide bonds. The number of carbonyl (C=O) groups is 2. The molecule has 3 rings (SSSR count). The minimum Gasteiger partial charge on any atom is -0.371 e. The lowest BCUT2D eigenvalue weighted by Crippen LogP contribution is -2.41. The molecule has 0 unspecified atom stereocenters. The van der Waals surface area contributed by atoms with Crippen molar-refractivity contribution in [2.75, 3.05) is 18.0 Å². The summed E-state index contributed by atoms with van der Waals surface area (Å²) >= 11 is 0. The fourth-order valence-corrected chi connectivity index (χ4v) is 3.63. The van der Waals surface area contributed by atoms with Crippen molar-refractivity contribution >= 4 is 17.5 Å². The van der Waals surface area contributed by atoms with Crippen LogP contribution in [0.25, 0.3) is 0 Å². The topological polar surface area (TPSA) is 75.4 Å². The Morgan fingerprint density at radius 2 is 1.92 bits per heavy atom. The van der Waals surface area contributed by atoms with Crippen LogP contribution in [-0.2, 0) is 16.1 Å². The zero-order chi connectivity index (χ0) is 17.6. The zero-order valence-electron chi connectivity index (χ0n) is 14.6. The number of nitrogens with two attached hydrogens (primary N) is 1. The van der Waals surface area contributed by atoms with E-state index in [2.05, 4.69) is 34.5 Å². The molecule has 25 heavy (non-hydrogen) atoms. The van der Waals surface area contributed by atoms with Crippen LogP contribution < -0.4 is 16.0 Å². The molecule has 0 spiro atoms. The van der Waals surface area contributed by atoms with Gasteiger partial charge in [-0.15, -0.1) is 0 Å². The molecule has 1 fully saturated rings. The van der Waals surface area contributed by atoms with Gasteiger partial charge in [0.15, 0.2) is 0 Å². The normalized spacial score (nSPS) is 23.3. The second-order valence-corrected chi connectivity index (χ2v) is 7.05. The second kappa shape index (κ2) is 8.19. The van der Waals surface area contributed by atoms with Crippen LogP contribution in [0.4, 0.5) is 5.69 Å². The van der Waals surface area contributed by atoms with Crippen LogP contribution in [0.2, 0.25) is 0 Å². The number of anilines is 1. The average Bonchev–Trinajstić information content (AvgIpc) is 2.67. The molecule has 1 aromatic carbocycles. The van der Waals surface area contributed by atoms with Crippen molar-refractivity contribution in [1.29, 1.82) is 0 Å². The largest absolute Gasteiger partial charge is 0.371 e. The summed E-state index contributed by atoms with van der Waals surface area (Å²) in [4.78, 5) is 25.8. The number of nitrogens with one attached hydrogen (secondary N) is 1. The van der Waals surface area contributed by atoms with Gasteiger partial charge in [0.25, 0.3) is 0 Å². The first-order valence-corrected chi connectivity index (χ1v) is 9.19. The minimum absolute atomic E-state index is 0.0581. The number of rotatable bonds is 5. The van der Waals surface area contributed by atoms with Crippen molar-refractivity contribution in [1.82, 2.24) is 5.32 Å². The Kier molecular flexibility index (Phi) is 5.74. The average molecular weight is 341 g/mol. The van der Waals surface area contributed by atoms with Crippen molar-refractivity contribution in [3.63, 3.8) is 0 Å². The van der Waals surface area contributed by atoms with Gasteiger partial charge in [0.1, 0.15) is 0 Å². The molecule has 134 valence electrons. The molecular formula is C20H27N3O2. The Hall–Kier alpha value is -2.30. The maximum absolute atomic E-state index is 12.2. The van der Waals surface area contributed by atoms with E-state index in [1.165, 1.54) is 0 Å². The molecule has 2 atom stereocenters. The first-order chi connectivity index (χ1) is 12.1. The molecule has 0 bridgehead atoms. The third-order valence-corrected chi connectivity index (χ3v) is 5.23. The number of benzene rings is 1. The van der Waals surface area contributed by atoms with E-state index >= 15 is 0 Å². The molecule has 1 saturated heterocycles. The van der Waals surface area contributed by atoms with Crippen molar-refractivity contribution in [2.24, 2.45) is 17.6 Å². The Labute approximate surface area is 149 Å². The van der Waals surface area contributed by atoms with Gasteiger partial charge < -0.3 is 16.0 Å². The molecule has 3 N–H and O–H groups in total. The molecule has 5 heteroatoms. The first kappa shape index (κ1) is 17.5. The number of hydrogen-bond donors (Lipinski definition) is 2. The van der Waals surface area contributed by atoms with E-state index in [-0.39, 0.29) is 23.7 Å². The third kappa shape index (κ3) is 4.62. The molecule has 0 saturated carbocycles. The van der Waals surface area contributed by atoms with Gasteiger partial charge in [0, 0.05) is 31.2 Å². The smallest absolute Gasteiger partial charge is 0.223 e. The van der Waals surface area contributed by atoms with Gasteiger partial charge in [0.05, 0.1) is 5.92 Å². The number of hydrogen-bond acceptors (Lipinski definition) is 3. The number of carbonyl (C=O) groups excluding carboxylic acids is 2.